The van der Waals surface area contributed by atoms with Crippen molar-refractivity contribution >= 4 is 5.97 Å². The molecule has 0 heterocycles. The van der Waals surface area contributed by atoms with Gasteiger partial charge >= 0.3 is 5.97 Å². The number of ether oxygens (including phenoxy) is 1. The van der Waals surface area contributed by atoms with Crippen LogP contribution in [0.3, 0.4) is 0 Å². The molecule has 0 aliphatic carbocycles. The third-order valence-corrected chi connectivity index (χ3v) is 3.59. The standard InChI is InChI=1S/C19H9F5O2/c20-13-14(21)16(23)18(17(24)15(13)22)26-19(25)12-8-6-11(7-9-12)10-4-2-1-3-5-10/h1-9H. The van der Waals surface area contributed by atoms with Crippen LogP contribution in [0.15, 0.2) is 54.6 Å². The van der Waals surface area contributed by atoms with Gasteiger partial charge < -0.3 is 4.74 Å². The Balaban J connectivity index is 1.88. The van der Waals surface area contributed by atoms with Crippen molar-refractivity contribution in [2.24, 2.45) is 0 Å². The van der Waals surface area contributed by atoms with Crippen molar-refractivity contribution in [3.8, 4) is 16.9 Å². The third kappa shape index (κ3) is 3.15. The molecule has 2 nitrogen and oxygen atoms in total. The van der Waals surface area contributed by atoms with E-state index in [1.807, 2.05) is 30.3 Å². The first-order valence-electron chi connectivity index (χ1n) is 7.29. The highest BCUT2D eigenvalue weighted by Crippen LogP contribution is 2.30. The Morgan fingerprint density at radius 1 is 0.615 bits per heavy atom. The molecule has 0 unspecified atom stereocenters. The number of esters is 1. The summed E-state index contributed by atoms with van der Waals surface area (Å²) in [4.78, 5) is 12.0. The Kier molecular flexibility index (Phi) is 4.71. The molecule has 0 amide bonds. The number of benzene rings is 3. The van der Waals surface area contributed by atoms with Crippen molar-refractivity contribution in [1.29, 1.82) is 0 Å². The van der Waals surface area contributed by atoms with Crippen LogP contribution < -0.4 is 4.74 Å². The maximum absolute atomic E-state index is 13.6. The topological polar surface area (TPSA) is 26.3 Å². The lowest BCUT2D eigenvalue weighted by Crippen LogP contribution is -2.13. The Labute approximate surface area is 144 Å². The maximum atomic E-state index is 13.6. The predicted molar refractivity (Wildman–Crippen MR) is 83.1 cm³/mol. The lowest BCUT2D eigenvalue weighted by atomic mass is 10.0. The van der Waals surface area contributed by atoms with Gasteiger partial charge in [0.05, 0.1) is 5.56 Å². The molecule has 7 heteroatoms. The van der Waals surface area contributed by atoms with Crippen molar-refractivity contribution in [2.75, 3.05) is 0 Å². The Morgan fingerprint density at radius 3 is 1.62 bits per heavy atom. The summed E-state index contributed by atoms with van der Waals surface area (Å²) in [6.07, 6.45) is 0. The van der Waals surface area contributed by atoms with Crippen LogP contribution in [0.5, 0.6) is 5.75 Å². The Bertz CT molecular complexity index is 940. The van der Waals surface area contributed by atoms with E-state index in [9.17, 15) is 26.7 Å². The van der Waals surface area contributed by atoms with Gasteiger partial charge in [-0.25, -0.2) is 18.0 Å². The fourth-order valence-electron chi connectivity index (χ4n) is 2.26. The van der Waals surface area contributed by atoms with E-state index in [4.69, 9.17) is 0 Å². The highest BCUT2D eigenvalue weighted by Gasteiger charge is 2.28. The molecule has 132 valence electrons. The molecule has 0 N–H and O–H groups in total. The van der Waals surface area contributed by atoms with Crippen LogP contribution in [0.1, 0.15) is 10.4 Å². The highest BCUT2D eigenvalue weighted by molar-refractivity contribution is 5.91. The van der Waals surface area contributed by atoms with E-state index in [1.165, 1.54) is 12.1 Å². The fourth-order valence-corrected chi connectivity index (χ4v) is 2.26. The summed E-state index contributed by atoms with van der Waals surface area (Å²) in [5, 5.41) is 0. The minimum absolute atomic E-state index is 0.117. The summed E-state index contributed by atoms with van der Waals surface area (Å²) in [6, 6.07) is 14.9. The van der Waals surface area contributed by atoms with Crippen molar-refractivity contribution in [3.63, 3.8) is 0 Å². The number of halogens is 5. The minimum atomic E-state index is -2.33. The van der Waals surface area contributed by atoms with Crippen molar-refractivity contribution in [3.05, 3.63) is 89.2 Å². The largest absolute Gasteiger partial charge is 0.416 e. The zero-order valence-corrected chi connectivity index (χ0v) is 12.9. The van der Waals surface area contributed by atoms with Gasteiger partial charge in [0.15, 0.2) is 0 Å². The highest BCUT2D eigenvalue weighted by atomic mass is 19.2. The lowest BCUT2D eigenvalue weighted by Gasteiger charge is -2.09. The zero-order chi connectivity index (χ0) is 18.8. The van der Waals surface area contributed by atoms with Gasteiger partial charge in [-0.3, -0.25) is 0 Å². The first kappa shape index (κ1) is 17.6. The first-order chi connectivity index (χ1) is 12.4. The van der Waals surface area contributed by atoms with Crippen LogP contribution in [-0.4, -0.2) is 5.97 Å². The molecule has 0 radical (unpaired) electrons. The zero-order valence-electron chi connectivity index (χ0n) is 12.9. The van der Waals surface area contributed by atoms with Crippen LogP contribution in [-0.2, 0) is 0 Å². The second kappa shape index (κ2) is 6.95. The summed E-state index contributed by atoms with van der Waals surface area (Å²) in [5.74, 6) is -14.0. The van der Waals surface area contributed by atoms with E-state index < -0.39 is 40.8 Å². The van der Waals surface area contributed by atoms with E-state index in [-0.39, 0.29) is 5.56 Å². The average molecular weight is 364 g/mol. The number of carbonyl (C=O) groups is 1. The van der Waals surface area contributed by atoms with E-state index in [1.54, 1.807) is 12.1 Å². The number of carbonyl (C=O) groups excluding carboxylic acids is 1. The molecule has 3 rings (SSSR count). The number of hydrogen-bond acceptors (Lipinski definition) is 2. The normalized spacial score (nSPS) is 10.7. The molecular weight excluding hydrogens is 355 g/mol. The smallest absolute Gasteiger partial charge is 0.343 e. The summed E-state index contributed by atoms with van der Waals surface area (Å²) in [7, 11) is 0. The average Bonchev–Trinajstić information content (AvgIpc) is 2.69. The van der Waals surface area contributed by atoms with Crippen molar-refractivity contribution < 1.29 is 31.5 Å². The van der Waals surface area contributed by atoms with Crippen molar-refractivity contribution in [2.45, 2.75) is 0 Å². The van der Waals surface area contributed by atoms with E-state index >= 15 is 0 Å². The summed E-state index contributed by atoms with van der Waals surface area (Å²) in [6.45, 7) is 0. The lowest BCUT2D eigenvalue weighted by molar-refractivity contribution is 0.0716. The van der Waals surface area contributed by atoms with Crippen LogP contribution in [0.25, 0.3) is 11.1 Å². The summed E-state index contributed by atoms with van der Waals surface area (Å²) < 4.78 is 70.8. The summed E-state index contributed by atoms with van der Waals surface area (Å²) >= 11 is 0. The molecule has 3 aromatic carbocycles. The SMILES string of the molecule is O=C(Oc1c(F)c(F)c(F)c(F)c1F)c1ccc(-c2ccccc2)cc1. The Morgan fingerprint density at radius 2 is 1.08 bits per heavy atom. The molecule has 0 saturated carbocycles. The Hall–Kier alpha value is -3.22. The molecule has 0 fully saturated rings. The van der Waals surface area contributed by atoms with Gasteiger partial charge in [0.2, 0.25) is 34.8 Å². The molecule has 0 aliphatic heterocycles. The second-order valence-corrected chi connectivity index (χ2v) is 5.23. The number of rotatable bonds is 3. The minimum Gasteiger partial charge on any atom is -0.416 e. The molecule has 0 aliphatic rings. The van der Waals surface area contributed by atoms with Gasteiger partial charge in [-0.15, -0.1) is 0 Å². The van der Waals surface area contributed by atoms with Gasteiger partial charge in [-0.1, -0.05) is 42.5 Å². The van der Waals surface area contributed by atoms with E-state index in [2.05, 4.69) is 4.74 Å². The van der Waals surface area contributed by atoms with Gasteiger partial charge in [-0.2, -0.15) is 8.78 Å². The van der Waals surface area contributed by atoms with Gasteiger partial charge in [0.1, 0.15) is 0 Å². The van der Waals surface area contributed by atoms with Crippen molar-refractivity contribution in [1.82, 2.24) is 0 Å². The van der Waals surface area contributed by atoms with Crippen LogP contribution in [0.4, 0.5) is 22.0 Å². The molecule has 3 aromatic rings. The predicted octanol–water partition coefficient (Wildman–Crippen LogP) is 5.27. The molecule has 0 saturated heterocycles. The van der Waals surface area contributed by atoms with Gasteiger partial charge in [-0.05, 0) is 23.3 Å². The van der Waals surface area contributed by atoms with Crippen LogP contribution >= 0.6 is 0 Å². The third-order valence-electron chi connectivity index (χ3n) is 3.59. The van der Waals surface area contributed by atoms with E-state index in [0.29, 0.717) is 0 Å². The molecule has 0 bridgehead atoms. The quantitative estimate of drug-likeness (QED) is 0.208. The second-order valence-electron chi connectivity index (χ2n) is 5.23. The fraction of sp³-hybridized carbons (Fsp3) is 0. The molecule has 0 aromatic heterocycles. The molecular formula is C19H9F5O2. The molecule has 0 atom stereocenters. The molecule has 26 heavy (non-hydrogen) atoms. The van der Waals surface area contributed by atoms with Crippen LogP contribution in [0.2, 0.25) is 0 Å². The monoisotopic (exact) mass is 364 g/mol. The number of hydrogen-bond donors (Lipinski definition) is 0. The van der Waals surface area contributed by atoms with Gasteiger partial charge in [0, 0.05) is 0 Å². The van der Waals surface area contributed by atoms with Gasteiger partial charge in [0.25, 0.3) is 0 Å². The van der Waals surface area contributed by atoms with E-state index in [0.717, 1.165) is 11.1 Å². The van der Waals surface area contributed by atoms with Crippen LogP contribution in [0, 0.1) is 29.1 Å². The summed E-state index contributed by atoms with van der Waals surface area (Å²) in [5.41, 5.74) is 1.51. The first-order valence-corrected chi connectivity index (χ1v) is 7.29. The molecule has 0 spiro atoms. The maximum Gasteiger partial charge on any atom is 0.343 e.